The maximum atomic E-state index is 12.8. The summed E-state index contributed by atoms with van der Waals surface area (Å²) in [6.07, 6.45) is 4.92. The first-order valence-electron chi connectivity index (χ1n) is 10.7. The SMILES string of the molecule is CCCn1c(NC(=O)c2cccc(C)c2)nc2ccc(CN3CCCCC3)cc21. The van der Waals surface area contributed by atoms with Gasteiger partial charge in [-0.2, -0.15) is 0 Å². The first kappa shape index (κ1) is 19.6. The monoisotopic (exact) mass is 390 g/mol. The van der Waals surface area contributed by atoms with Crippen LogP contribution in [0.1, 0.15) is 54.1 Å². The third-order valence-corrected chi connectivity index (χ3v) is 5.62. The van der Waals surface area contributed by atoms with Crippen LogP contribution in [-0.4, -0.2) is 33.4 Å². The van der Waals surface area contributed by atoms with Gasteiger partial charge in [0.15, 0.2) is 0 Å². The van der Waals surface area contributed by atoms with Crippen LogP contribution < -0.4 is 5.32 Å². The van der Waals surface area contributed by atoms with E-state index in [9.17, 15) is 4.79 Å². The van der Waals surface area contributed by atoms with Gasteiger partial charge in [-0.15, -0.1) is 0 Å². The molecular formula is C24H30N4O. The molecule has 1 aliphatic heterocycles. The van der Waals surface area contributed by atoms with Gasteiger partial charge in [0.25, 0.3) is 5.91 Å². The summed E-state index contributed by atoms with van der Waals surface area (Å²) < 4.78 is 2.14. The number of piperidine rings is 1. The smallest absolute Gasteiger partial charge is 0.257 e. The van der Waals surface area contributed by atoms with Crippen molar-refractivity contribution in [2.24, 2.45) is 0 Å². The summed E-state index contributed by atoms with van der Waals surface area (Å²) in [4.78, 5) is 20.0. The highest BCUT2D eigenvalue weighted by Crippen LogP contribution is 2.24. The number of anilines is 1. The molecule has 4 rings (SSSR count). The van der Waals surface area contributed by atoms with Crippen molar-refractivity contribution in [2.75, 3.05) is 18.4 Å². The zero-order valence-electron chi connectivity index (χ0n) is 17.4. The van der Waals surface area contributed by atoms with E-state index in [0.29, 0.717) is 11.5 Å². The molecule has 1 saturated heterocycles. The van der Waals surface area contributed by atoms with Crippen molar-refractivity contribution in [1.29, 1.82) is 0 Å². The minimum absolute atomic E-state index is 0.116. The van der Waals surface area contributed by atoms with Gasteiger partial charge in [0, 0.05) is 18.7 Å². The third-order valence-electron chi connectivity index (χ3n) is 5.62. The van der Waals surface area contributed by atoms with E-state index >= 15 is 0 Å². The molecule has 152 valence electrons. The fourth-order valence-corrected chi connectivity index (χ4v) is 4.15. The van der Waals surface area contributed by atoms with E-state index in [1.165, 1.54) is 37.9 Å². The molecule has 29 heavy (non-hydrogen) atoms. The van der Waals surface area contributed by atoms with Gasteiger partial charge < -0.3 is 4.57 Å². The standard InChI is InChI=1S/C24H30N4O/c1-3-12-28-22-16-19(17-27-13-5-4-6-14-27)10-11-21(22)25-24(28)26-23(29)20-9-7-8-18(2)15-20/h7-11,15-16H,3-6,12-14,17H2,1-2H3,(H,25,26,29). The summed E-state index contributed by atoms with van der Waals surface area (Å²) >= 11 is 0. The number of nitrogens with zero attached hydrogens (tertiary/aromatic N) is 3. The van der Waals surface area contributed by atoms with Gasteiger partial charge in [0.05, 0.1) is 11.0 Å². The van der Waals surface area contributed by atoms with Crippen LogP contribution in [0.15, 0.2) is 42.5 Å². The van der Waals surface area contributed by atoms with Gasteiger partial charge in [-0.1, -0.05) is 37.1 Å². The van der Waals surface area contributed by atoms with Gasteiger partial charge >= 0.3 is 0 Å². The first-order chi connectivity index (χ1) is 14.1. The topological polar surface area (TPSA) is 50.2 Å². The van der Waals surface area contributed by atoms with Crippen LogP contribution in [0, 0.1) is 6.92 Å². The minimum atomic E-state index is -0.116. The lowest BCUT2D eigenvalue weighted by Crippen LogP contribution is -2.29. The number of hydrogen-bond acceptors (Lipinski definition) is 3. The molecule has 0 aliphatic carbocycles. The fraction of sp³-hybridized carbons (Fsp3) is 0.417. The van der Waals surface area contributed by atoms with E-state index < -0.39 is 0 Å². The Labute approximate surface area is 172 Å². The van der Waals surface area contributed by atoms with E-state index in [-0.39, 0.29) is 5.91 Å². The number of amides is 1. The molecule has 0 atom stereocenters. The average Bonchev–Trinajstić information content (AvgIpc) is 3.06. The van der Waals surface area contributed by atoms with Gasteiger partial charge in [0.1, 0.15) is 0 Å². The number of imidazole rings is 1. The van der Waals surface area contributed by atoms with Gasteiger partial charge in [0.2, 0.25) is 5.95 Å². The lowest BCUT2D eigenvalue weighted by molar-refractivity contribution is 0.102. The number of benzene rings is 2. The van der Waals surface area contributed by atoms with Crippen LogP contribution in [0.25, 0.3) is 11.0 Å². The highest BCUT2D eigenvalue weighted by molar-refractivity contribution is 6.04. The molecule has 5 heteroatoms. The second-order valence-corrected chi connectivity index (χ2v) is 8.07. The molecule has 3 aromatic rings. The van der Waals surface area contributed by atoms with Crippen LogP contribution in [0.4, 0.5) is 5.95 Å². The number of hydrogen-bond donors (Lipinski definition) is 1. The van der Waals surface area contributed by atoms with Crippen LogP contribution in [0.3, 0.4) is 0 Å². The summed E-state index contributed by atoms with van der Waals surface area (Å²) in [6, 6.07) is 14.1. The van der Waals surface area contributed by atoms with Crippen molar-refractivity contribution in [1.82, 2.24) is 14.5 Å². The molecule has 1 aromatic heterocycles. The number of rotatable bonds is 6. The second kappa shape index (κ2) is 8.78. The summed E-state index contributed by atoms with van der Waals surface area (Å²) in [5, 5.41) is 3.03. The summed E-state index contributed by atoms with van der Waals surface area (Å²) in [5.41, 5.74) is 5.07. The predicted molar refractivity (Wildman–Crippen MR) is 118 cm³/mol. The quantitative estimate of drug-likeness (QED) is 0.645. The van der Waals surface area contributed by atoms with E-state index in [2.05, 4.69) is 39.9 Å². The van der Waals surface area contributed by atoms with Crippen molar-refractivity contribution in [3.63, 3.8) is 0 Å². The molecule has 0 bridgehead atoms. The molecule has 0 radical (unpaired) electrons. The summed E-state index contributed by atoms with van der Waals surface area (Å²) in [6.45, 7) is 8.32. The van der Waals surface area contributed by atoms with Gasteiger partial charge in [-0.25, -0.2) is 4.98 Å². The van der Waals surface area contributed by atoms with Gasteiger partial charge in [-0.3, -0.25) is 15.0 Å². The van der Waals surface area contributed by atoms with Gasteiger partial charge in [-0.05, 0) is 69.1 Å². The molecule has 5 nitrogen and oxygen atoms in total. The second-order valence-electron chi connectivity index (χ2n) is 8.07. The maximum Gasteiger partial charge on any atom is 0.257 e. The normalized spacial score (nSPS) is 15.0. The maximum absolute atomic E-state index is 12.8. The minimum Gasteiger partial charge on any atom is -0.310 e. The zero-order chi connectivity index (χ0) is 20.2. The molecule has 0 saturated carbocycles. The van der Waals surface area contributed by atoms with Crippen LogP contribution >= 0.6 is 0 Å². The molecule has 1 N–H and O–H groups in total. The summed E-state index contributed by atoms with van der Waals surface area (Å²) in [7, 11) is 0. The van der Waals surface area contributed by atoms with Crippen LogP contribution in [0.2, 0.25) is 0 Å². The Morgan fingerprint density at radius 2 is 1.93 bits per heavy atom. The van der Waals surface area contributed by atoms with E-state index in [1.807, 2.05) is 31.2 Å². The van der Waals surface area contributed by atoms with Crippen LogP contribution in [0.5, 0.6) is 0 Å². The Kier molecular flexibility index (Phi) is 5.95. The third kappa shape index (κ3) is 4.51. The van der Waals surface area contributed by atoms with Crippen molar-refractivity contribution in [3.8, 4) is 0 Å². The first-order valence-corrected chi connectivity index (χ1v) is 10.7. The largest absolute Gasteiger partial charge is 0.310 e. The number of likely N-dealkylation sites (tertiary alicyclic amines) is 1. The number of aryl methyl sites for hydroxylation is 2. The number of carbonyl (C=O) groups is 1. The van der Waals surface area contributed by atoms with Crippen LogP contribution in [-0.2, 0) is 13.1 Å². The average molecular weight is 391 g/mol. The van der Waals surface area contributed by atoms with Crippen molar-refractivity contribution >= 4 is 22.9 Å². The molecule has 1 fully saturated rings. The van der Waals surface area contributed by atoms with Crippen molar-refractivity contribution in [2.45, 2.75) is 52.6 Å². The molecule has 1 aliphatic rings. The Morgan fingerprint density at radius 1 is 1.10 bits per heavy atom. The summed E-state index contributed by atoms with van der Waals surface area (Å²) in [5.74, 6) is 0.512. The molecule has 1 amide bonds. The zero-order valence-corrected chi connectivity index (χ0v) is 17.4. The number of fused-ring (bicyclic) bond motifs is 1. The number of carbonyl (C=O) groups excluding carboxylic acids is 1. The van der Waals surface area contributed by atoms with E-state index in [0.717, 1.165) is 36.1 Å². The lowest BCUT2D eigenvalue weighted by Gasteiger charge is -2.26. The predicted octanol–water partition coefficient (Wildman–Crippen LogP) is 4.99. The Bertz CT molecular complexity index is 1000. The molecule has 2 heterocycles. The number of aromatic nitrogens is 2. The highest BCUT2D eigenvalue weighted by atomic mass is 16.1. The Hall–Kier alpha value is -2.66. The molecule has 0 unspecified atom stereocenters. The Morgan fingerprint density at radius 3 is 2.69 bits per heavy atom. The van der Waals surface area contributed by atoms with Crippen molar-refractivity contribution < 1.29 is 4.79 Å². The lowest BCUT2D eigenvalue weighted by atomic mass is 10.1. The van der Waals surface area contributed by atoms with Crippen molar-refractivity contribution in [3.05, 3.63) is 59.2 Å². The molecule has 0 spiro atoms. The molecular weight excluding hydrogens is 360 g/mol. The van der Waals surface area contributed by atoms with E-state index in [1.54, 1.807) is 0 Å². The highest BCUT2D eigenvalue weighted by Gasteiger charge is 2.16. The number of nitrogens with one attached hydrogen (secondary N) is 1. The van der Waals surface area contributed by atoms with E-state index in [4.69, 9.17) is 4.98 Å². The Balaban J connectivity index is 1.61. The fourth-order valence-electron chi connectivity index (χ4n) is 4.15. The molecule has 2 aromatic carbocycles.